The second-order valence-electron chi connectivity index (χ2n) is 12.4. The molecule has 6 aromatic carbocycles. The zero-order valence-electron chi connectivity index (χ0n) is 31.5. The van der Waals surface area contributed by atoms with Crippen LogP contribution in [0.15, 0.2) is 0 Å². The van der Waals surface area contributed by atoms with Crippen LogP contribution in [0.3, 0.4) is 0 Å². The first kappa shape index (κ1) is 55.0. The van der Waals surface area contributed by atoms with Crippen molar-refractivity contribution in [2.24, 2.45) is 0 Å². The Morgan fingerprint density at radius 3 is 0.826 bits per heavy atom. The van der Waals surface area contributed by atoms with Crippen molar-refractivity contribution in [1.82, 2.24) is 4.98 Å². The third kappa shape index (κ3) is 9.19. The molecule has 8 radical (unpaired) electrons. The van der Waals surface area contributed by atoms with Crippen molar-refractivity contribution in [3.63, 3.8) is 0 Å². The summed E-state index contributed by atoms with van der Waals surface area (Å²) >= 11 is 0. The molecule has 1 heterocycles. The highest BCUT2D eigenvalue weighted by Crippen LogP contribution is 2.35. The number of hydrogen-bond donors (Lipinski definition) is 0. The quantitative estimate of drug-likeness (QED) is 0.0527. The first-order chi connectivity index (χ1) is 31.7. The van der Waals surface area contributed by atoms with E-state index in [1.165, 1.54) is 0 Å². The van der Waals surface area contributed by atoms with E-state index in [9.17, 15) is 119 Å². The molecule has 0 spiro atoms. The molecular weight excluding hydrogens is 1010 g/mol. The van der Waals surface area contributed by atoms with E-state index in [2.05, 4.69) is 12.8 Å². The fourth-order valence-electron chi connectivity index (χ4n) is 5.16. The molecule has 0 fully saturated rings. The van der Waals surface area contributed by atoms with Gasteiger partial charge in [0.1, 0.15) is 48.5 Å². The zero-order chi connectivity index (χ0) is 53.1. The molecule has 0 atom stereocenters. The smallest absolute Gasteiger partial charge is 0.214 e. The van der Waals surface area contributed by atoms with E-state index in [1.807, 2.05) is 0 Å². The Morgan fingerprint density at radius 2 is 0.420 bits per heavy atom. The molecule has 69 heavy (non-hydrogen) atoms. The van der Waals surface area contributed by atoms with Crippen LogP contribution < -0.4 is 21.9 Å². The molecule has 0 saturated carbocycles. The molecule has 0 unspecified atom stereocenters. The second-order valence-corrected chi connectivity index (χ2v) is 12.4. The number of hydrogen-bond acceptors (Lipinski definition) is 1. The Hall–Kier alpha value is -6.64. The van der Waals surface area contributed by atoms with Crippen LogP contribution in [0.4, 0.5) is 119 Å². The Kier molecular flexibility index (Phi) is 16.0. The van der Waals surface area contributed by atoms with Crippen LogP contribution >= 0.6 is 0 Å². The molecule has 0 aliphatic rings. The number of halogens is 27. The Balaban J connectivity index is 0.000000204. The molecule has 7 aromatic rings. The maximum atomic E-state index is 13.6. The molecule has 1 nitrogen and oxygen atoms in total. The summed E-state index contributed by atoms with van der Waals surface area (Å²) in [6, 6.07) is 0. The van der Waals surface area contributed by atoms with Gasteiger partial charge in [-0.25, -0.2) is 115 Å². The SMILES string of the molecule is [B]c1c(F)c(F)c(F)c(F)c1-c1c(F)c(F)c(F)c(F)c1F.[B]c1c(F)c(F)c(F)c(F)c1F.[B]c1c(F)c(F)c2c(F)c(F)c(F)c(F)c2c1F.[B]c1c(F)c(F)c2c(F)c(F)c(F)nc2c1F. The third-order valence-corrected chi connectivity index (χ3v) is 8.51. The van der Waals surface area contributed by atoms with Crippen molar-refractivity contribution < 1.29 is 119 Å². The van der Waals surface area contributed by atoms with Crippen LogP contribution in [0.2, 0.25) is 0 Å². The van der Waals surface area contributed by atoms with E-state index in [1.54, 1.807) is 0 Å². The molecule has 0 saturated heterocycles. The van der Waals surface area contributed by atoms with Crippen LogP contribution in [0.25, 0.3) is 32.8 Å². The molecule has 0 aliphatic carbocycles. The van der Waals surface area contributed by atoms with Gasteiger partial charge >= 0.3 is 0 Å². The van der Waals surface area contributed by atoms with Gasteiger partial charge in [0.15, 0.2) is 128 Å². The lowest BCUT2D eigenvalue weighted by molar-refractivity contribution is 0.379. The van der Waals surface area contributed by atoms with Gasteiger partial charge in [-0.05, 0) is 21.9 Å². The van der Waals surface area contributed by atoms with Crippen LogP contribution in [0, 0.1) is 157 Å². The van der Waals surface area contributed by atoms with Crippen molar-refractivity contribution >= 4 is 74.9 Å². The number of pyridine rings is 1. The van der Waals surface area contributed by atoms with E-state index in [4.69, 9.17) is 23.5 Å². The molecule has 0 amide bonds. The predicted octanol–water partition coefficient (Wildman–Crippen LogP) is 9.05. The molecule has 354 valence electrons. The van der Waals surface area contributed by atoms with Gasteiger partial charge in [0, 0.05) is 5.56 Å². The molecule has 0 aliphatic heterocycles. The molecule has 32 heteroatoms. The van der Waals surface area contributed by atoms with Crippen molar-refractivity contribution in [2.75, 3.05) is 0 Å². The Labute approximate surface area is 366 Å². The summed E-state index contributed by atoms with van der Waals surface area (Å²) < 4.78 is 350. The predicted molar refractivity (Wildman–Crippen MR) is 184 cm³/mol. The van der Waals surface area contributed by atoms with E-state index in [0.29, 0.717) is 0 Å². The monoisotopic (exact) mass is 1010 g/mol. The Bertz CT molecular complexity index is 2960. The fourth-order valence-corrected chi connectivity index (χ4v) is 5.16. The topological polar surface area (TPSA) is 12.9 Å². The first-order valence-electron chi connectivity index (χ1n) is 16.5. The third-order valence-electron chi connectivity index (χ3n) is 8.51. The highest BCUT2D eigenvalue weighted by atomic mass is 19.2. The summed E-state index contributed by atoms with van der Waals surface area (Å²) in [7, 11) is 19.0. The van der Waals surface area contributed by atoms with Crippen molar-refractivity contribution in [3.05, 3.63) is 157 Å². The van der Waals surface area contributed by atoms with Gasteiger partial charge in [0.2, 0.25) is 11.6 Å². The summed E-state index contributed by atoms with van der Waals surface area (Å²) in [4.78, 5) is 2.66. The summed E-state index contributed by atoms with van der Waals surface area (Å²) in [6.45, 7) is 0. The minimum absolute atomic E-state index is 1.21. The van der Waals surface area contributed by atoms with Crippen LogP contribution in [-0.2, 0) is 0 Å². The van der Waals surface area contributed by atoms with E-state index >= 15 is 0 Å². The average Bonchev–Trinajstić information content (AvgIpc) is 3.32. The van der Waals surface area contributed by atoms with Crippen LogP contribution in [0.1, 0.15) is 0 Å². The molecule has 7 rings (SSSR count). The summed E-state index contributed by atoms with van der Waals surface area (Å²) in [6.07, 6.45) is 0. The normalized spacial score (nSPS) is 11.1. The van der Waals surface area contributed by atoms with Crippen molar-refractivity contribution in [3.8, 4) is 11.1 Å². The van der Waals surface area contributed by atoms with Crippen molar-refractivity contribution in [1.29, 1.82) is 0 Å². The van der Waals surface area contributed by atoms with Gasteiger partial charge < -0.3 is 0 Å². The van der Waals surface area contributed by atoms with Gasteiger partial charge in [-0.2, -0.15) is 8.78 Å². The highest BCUT2D eigenvalue weighted by Gasteiger charge is 2.33. The Morgan fingerprint density at radius 1 is 0.188 bits per heavy atom. The molecule has 0 N–H and O–H groups in total. The summed E-state index contributed by atoms with van der Waals surface area (Å²) in [5.74, 6) is -59.3. The van der Waals surface area contributed by atoms with E-state index in [0.717, 1.165) is 0 Å². The lowest BCUT2D eigenvalue weighted by Crippen LogP contribution is -2.21. The largest absolute Gasteiger partial charge is 0.252 e. The summed E-state index contributed by atoms with van der Waals surface area (Å²) in [5, 5.41) is -4.67. The maximum Gasteiger partial charge on any atom is 0.252 e. The fraction of sp³-hybridized carbons (Fsp3) is 0. The van der Waals surface area contributed by atoms with Crippen LogP contribution in [-0.4, -0.2) is 36.4 Å². The second kappa shape index (κ2) is 20.1. The van der Waals surface area contributed by atoms with E-state index < -0.39 is 212 Å². The van der Waals surface area contributed by atoms with Crippen LogP contribution in [0.5, 0.6) is 0 Å². The average molecular weight is 1010 g/mol. The number of fused-ring (bicyclic) bond motifs is 2. The minimum atomic E-state index is -2.57. The lowest BCUT2D eigenvalue weighted by Gasteiger charge is -2.14. The number of benzene rings is 6. The molecular formula is C37B4F27N. The van der Waals surface area contributed by atoms with Gasteiger partial charge in [-0.1, -0.05) is 0 Å². The van der Waals surface area contributed by atoms with Gasteiger partial charge in [-0.3, -0.25) is 0 Å². The van der Waals surface area contributed by atoms with Crippen molar-refractivity contribution in [2.45, 2.75) is 0 Å². The first-order valence-corrected chi connectivity index (χ1v) is 16.5. The standard InChI is InChI=1S/C12BF9.C10BF7.C9BF6N.C6BF5/c13-3-1(4(14)8(18)11(21)7(3)17)2-5(15)9(19)12(22)10(20)6(2)16;11-3-4(12)1-2(5(13)8(3)16)7(15)10(18)9(17)6(1)14;10-2-5(13)3(11)1-4(12)7(15)9(16)17-8(1)6(2)14;7-1-2(8)4(10)6(12)5(11)3(1)9. The number of nitrogens with zero attached hydrogens (tertiary/aromatic N) is 1. The summed E-state index contributed by atoms with van der Waals surface area (Å²) in [5.41, 5.74) is -10.8. The number of aromatic nitrogens is 1. The number of rotatable bonds is 1. The van der Waals surface area contributed by atoms with E-state index in [-0.39, 0.29) is 0 Å². The molecule has 0 bridgehead atoms. The van der Waals surface area contributed by atoms with Gasteiger partial charge in [-0.15, -0.1) is 0 Å². The van der Waals surface area contributed by atoms with Gasteiger partial charge in [0.25, 0.3) is 5.95 Å². The van der Waals surface area contributed by atoms with Gasteiger partial charge in [0.05, 0.1) is 21.7 Å². The highest BCUT2D eigenvalue weighted by molar-refractivity contribution is 6.36. The minimum Gasteiger partial charge on any atom is -0.214 e. The molecule has 1 aromatic heterocycles. The maximum absolute atomic E-state index is 13.6. The zero-order valence-corrected chi connectivity index (χ0v) is 31.5. The lowest BCUT2D eigenvalue weighted by atomic mass is 9.85.